The Hall–Kier alpha value is -3.95. The molecular weight excluding hydrogens is 571 g/mol. The van der Waals surface area contributed by atoms with Crippen molar-refractivity contribution in [1.29, 1.82) is 0 Å². The van der Waals surface area contributed by atoms with Gasteiger partial charge in [0.15, 0.2) is 5.78 Å². The van der Waals surface area contributed by atoms with E-state index in [0.29, 0.717) is 27.4 Å². The molecule has 0 saturated heterocycles. The summed E-state index contributed by atoms with van der Waals surface area (Å²) in [6.07, 6.45) is 2.51. The number of aryl methyl sites for hydroxylation is 1. The molecular formula is C31H37FN6O4S. The SMILES string of the molecule is [C-]#[N+]CCc1ccc(F)cc1[C@H](Cn1c(=O)n(C(C)(C)C(=O)CC(C)C)c(=O)c2c(C)c(-n3nccn3)sc21)OC(C)C. The minimum absolute atomic E-state index is 0.0273. The number of rotatable bonds is 12. The maximum Gasteiger partial charge on any atom is 0.333 e. The van der Waals surface area contributed by atoms with Crippen molar-refractivity contribution in [2.45, 2.75) is 85.6 Å². The third-order valence-corrected chi connectivity index (χ3v) is 8.64. The van der Waals surface area contributed by atoms with E-state index in [-0.39, 0.29) is 42.7 Å². The number of benzene rings is 1. The van der Waals surface area contributed by atoms with Gasteiger partial charge >= 0.3 is 5.69 Å². The van der Waals surface area contributed by atoms with Gasteiger partial charge in [-0.1, -0.05) is 31.3 Å². The quantitative estimate of drug-likeness (QED) is 0.204. The van der Waals surface area contributed by atoms with Gasteiger partial charge in [-0.2, -0.15) is 10.2 Å². The molecule has 12 heteroatoms. The molecule has 0 N–H and O–H groups in total. The van der Waals surface area contributed by atoms with Crippen molar-refractivity contribution in [1.82, 2.24) is 24.1 Å². The number of hydrogen-bond acceptors (Lipinski definition) is 7. The number of carbonyl (C=O) groups excluding carboxylic acids is 1. The fraction of sp³-hybridized carbons (Fsp3) is 0.484. The minimum atomic E-state index is -1.44. The Kier molecular flexibility index (Phi) is 9.47. The average Bonchev–Trinajstić information content (AvgIpc) is 3.57. The van der Waals surface area contributed by atoms with Crippen molar-refractivity contribution >= 4 is 27.3 Å². The molecule has 0 aliphatic heterocycles. The number of carbonyl (C=O) groups is 1. The Labute approximate surface area is 253 Å². The number of nitrogens with zero attached hydrogens (tertiary/aromatic N) is 6. The lowest BCUT2D eigenvalue weighted by molar-refractivity contribution is -0.127. The van der Waals surface area contributed by atoms with E-state index in [2.05, 4.69) is 15.0 Å². The minimum Gasteiger partial charge on any atom is -0.369 e. The van der Waals surface area contributed by atoms with Crippen LogP contribution < -0.4 is 11.2 Å². The summed E-state index contributed by atoms with van der Waals surface area (Å²) < 4.78 is 23.4. The second-order valence-corrected chi connectivity index (χ2v) is 12.8. The number of hydrogen-bond donors (Lipinski definition) is 0. The lowest BCUT2D eigenvalue weighted by Crippen LogP contribution is -2.53. The first-order chi connectivity index (χ1) is 20.3. The van der Waals surface area contributed by atoms with Crippen LogP contribution in [-0.2, 0) is 28.0 Å². The normalized spacial score (nSPS) is 12.8. The average molecular weight is 609 g/mol. The first kappa shape index (κ1) is 32.0. The van der Waals surface area contributed by atoms with Gasteiger partial charge in [-0.15, -0.1) is 4.80 Å². The summed E-state index contributed by atoms with van der Waals surface area (Å²) in [4.78, 5) is 47.2. The topological polar surface area (TPSA) is 105 Å². The van der Waals surface area contributed by atoms with Gasteiger partial charge in [0.05, 0.1) is 30.4 Å². The molecule has 0 fully saturated rings. The summed E-state index contributed by atoms with van der Waals surface area (Å²) in [5.41, 5.74) is -0.862. The Balaban J connectivity index is 2.04. The molecule has 4 aromatic rings. The summed E-state index contributed by atoms with van der Waals surface area (Å²) in [5.74, 6) is -0.684. The van der Waals surface area contributed by atoms with Crippen molar-refractivity contribution in [3.05, 3.63) is 85.4 Å². The fourth-order valence-corrected chi connectivity index (χ4v) is 6.44. The van der Waals surface area contributed by atoms with Crippen LogP contribution in [0.4, 0.5) is 4.39 Å². The Morgan fingerprint density at radius 2 is 1.84 bits per heavy atom. The van der Waals surface area contributed by atoms with Gasteiger partial charge in [0.1, 0.15) is 27.3 Å². The summed E-state index contributed by atoms with van der Waals surface area (Å²) in [7, 11) is 0. The molecule has 43 heavy (non-hydrogen) atoms. The first-order valence-corrected chi connectivity index (χ1v) is 15.1. The van der Waals surface area contributed by atoms with Crippen LogP contribution in [0.3, 0.4) is 0 Å². The molecule has 0 saturated carbocycles. The van der Waals surface area contributed by atoms with Crippen molar-refractivity contribution < 1.29 is 13.9 Å². The molecule has 0 bridgehead atoms. The van der Waals surface area contributed by atoms with E-state index in [1.165, 1.54) is 45.2 Å². The number of ketones is 1. The Bertz CT molecular complexity index is 1790. The third kappa shape index (κ3) is 6.38. The van der Waals surface area contributed by atoms with Gasteiger partial charge in [-0.25, -0.2) is 20.3 Å². The monoisotopic (exact) mass is 608 g/mol. The van der Waals surface area contributed by atoms with Crippen molar-refractivity contribution in [2.75, 3.05) is 6.54 Å². The van der Waals surface area contributed by atoms with Gasteiger partial charge < -0.3 is 9.58 Å². The van der Waals surface area contributed by atoms with Crippen LogP contribution in [0.5, 0.6) is 0 Å². The predicted octanol–water partition coefficient (Wildman–Crippen LogP) is 5.23. The highest BCUT2D eigenvalue weighted by Gasteiger charge is 2.36. The summed E-state index contributed by atoms with van der Waals surface area (Å²) in [6.45, 7) is 19.8. The van der Waals surface area contributed by atoms with E-state index in [4.69, 9.17) is 11.3 Å². The van der Waals surface area contributed by atoms with Crippen molar-refractivity contribution in [3.8, 4) is 5.00 Å². The molecule has 0 radical (unpaired) electrons. The lowest BCUT2D eigenvalue weighted by Gasteiger charge is -2.29. The van der Waals surface area contributed by atoms with E-state index < -0.39 is 28.7 Å². The molecule has 0 amide bonds. The smallest absolute Gasteiger partial charge is 0.333 e. The molecule has 1 aromatic carbocycles. The summed E-state index contributed by atoms with van der Waals surface area (Å²) >= 11 is 1.19. The highest BCUT2D eigenvalue weighted by molar-refractivity contribution is 7.21. The van der Waals surface area contributed by atoms with Gasteiger partial charge in [0.2, 0.25) is 6.54 Å². The van der Waals surface area contributed by atoms with E-state index in [1.807, 2.05) is 27.7 Å². The van der Waals surface area contributed by atoms with Crippen molar-refractivity contribution in [3.63, 3.8) is 0 Å². The number of Topliss-reactive ketones (excluding diaryl/α,β-unsaturated/α-hetero) is 1. The molecule has 0 aliphatic rings. The fourth-order valence-electron chi connectivity index (χ4n) is 5.22. The highest BCUT2D eigenvalue weighted by atomic mass is 32.1. The highest BCUT2D eigenvalue weighted by Crippen LogP contribution is 2.33. The number of halogens is 1. The second-order valence-electron chi connectivity index (χ2n) is 11.8. The largest absolute Gasteiger partial charge is 0.369 e. The maximum absolute atomic E-state index is 14.6. The van der Waals surface area contributed by atoms with Crippen LogP contribution in [0.1, 0.15) is 70.8 Å². The standard InChI is InChI=1S/C31H37FN6O4S/c1-18(2)15-25(39)31(6,7)37-27(40)26-20(5)28(38-34-13-14-35-38)43-29(26)36(30(37)41)17-24(42-19(3)4)23-16-22(32)10-9-21(23)11-12-33-8/h9-10,13-14,16,18-19,24H,11-12,15,17H2,1-7H3/t24-/m0/s1. The zero-order valence-electron chi connectivity index (χ0n) is 25.5. The summed E-state index contributed by atoms with van der Waals surface area (Å²) in [5, 5.41) is 9.29. The molecule has 0 aliphatic carbocycles. The van der Waals surface area contributed by atoms with E-state index >= 15 is 0 Å². The second kappa shape index (κ2) is 12.7. The van der Waals surface area contributed by atoms with Crippen LogP contribution >= 0.6 is 11.3 Å². The predicted molar refractivity (Wildman–Crippen MR) is 164 cm³/mol. The molecule has 228 valence electrons. The molecule has 3 heterocycles. The zero-order valence-corrected chi connectivity index (χ0v) is 26.4. The van der Waals surface area contributed by atoms with E-state index in [9.17, 15) is 18.8 Å². The van der Waals surface area contributed by atoms with Gasteiger partial charge in [-0.3, -0.25) is 14.2 Å². The number of thiophene rings is 1. The van der Waals surface area contributed by atoms with Gasteiger partial charge in [-0.05, 0) is 63.8 Å². The van der Waals surface area contributed by atoms with E-state index in [0.717, 1.165) is 10.1 Å². The molecule has 10 nitrogen and oxygen atoms in total. The number of aromatic nitrogens is 5. The van der Waals surface area contributed by atoms with E-state index in [1.54, 1.807) is 26.8 Å². The van der Waals surface area contributed by atoms with Crippen LogP contribution in [0.25, 0.3) is 20.1 Å². The molecule has 1 atom stereocenters. The summed E-state index contributed by atoms with van der Waals surface area (Å²) in [6, 6.07) is 4.35. The van der Waals surface area contributed by atoms with Gasteiger partial charge in [0.25, 0.3) is 5.56 Å². The first-order valence-electron chi connectivity index (χ1n) is 14.2. The Morgan fingerprint density at radius 3 is 2.44 bits per heavy atom. The third-order valence-electron chi connectivity index (χ3n) is 7.36. The number of fused-ring (bicyclic) bond motifs is 1. The Morgan fingerprint density at radius 1 is 1.16 bits per heavy atom. The van der Waals surface area contributed by atoms with Crippen molar-refractivity contribution in [2.24, 2.45) is 5.92 Å². The van der Waals surface area contributed by atoms with Crippen LogP contribution in [0, 0.1) is 25.2 Å². The van der Waals surface area contributed by atoms with Gasteiger partial charge in [0, 0.05) is 18.4 Å². The number of ether oxygens (including phenoxy) is 1. The molecule has 0 spiro atoms. The van der Waals surface area contributed by atoms with Crippen LogP contribution in [-0.4, -0.2) is 42.6 Å². The van der Waals surface area contributed by atoms with Crippen LogP contribution in [0.15, 0.2) is 40.2 Å². The zero-order chi connectivity index (χ0) is 31.6. The molecule has 0 unspecified atom stereocenters. The lowest BCUT2D eigenvalue weighted by atomic mass is 9.91. The molecule has 4 rings (SSSR count). The van der Waals surface area contributed by atoms with Crippen LogP contribution in [0.2, 0.25) is 0 Å². The maximum atomic E-state index is 14.6. The molecule has 3 aromatic heterocycles.